The summed E-state index contributed by atoms with van der Waals surface area (Å²) in [5, 5.41) is 13.2. The Morgan fingerprint density at radius 3 is 2.62 bits per heavy atom. The SMILES string of the molecule is CC(C)(F)C(=O)N1CC[C@](CCO)(Nc2cc(-c3cnc(N)nc3)nc(N3CCOCC3)n2)C1. The van der Waals surface area contributed by atoms with Gasteiger partial charge in [0.15, 0.2) is 5.67 Å². The number of ether oxygens (including phenoxy) is 1. The van der Waals surface area contributed by atoms with Crippen molar-refractivity contribution in [3.8, 4) is 11.3 Å². The van der Waals surface area contributed by atoms with Crippen molar-refractivity contribution in [3.05, 3.63) is 18.5 Å². The Balaban J connectivity index is 1.66. The maximum Gasteiger partial charge on any atom is 0.259 e. The van der Waals surface area contributed by atoms with Crippen LogP contribution >= 0.6 is 0 Å². The van der Waals surface area contributed by atoms with E-state index in [-0.39, 0.29) is 19.1 Å². The Morgan fingerprint density at radius 2 is 1.97 bits per heavy atom. The highest BCUT2D eigenvalue weighted by molar-refractivity contribution is 5.84. The molecule has 4 heterocycles. The fourth-order valence-corrected chi connectivity index (χ4v) is 4.30. The Hall–Kier alpha value is -3.12. The average Bonchev–Trinajstić information content (AvgIpc) is 3.22. The van der Waals surface area contributed by atoms with Crippen LogP contribution < -0.4 is 16.0 Å². The van der Waals surface area contributed by atoms with Crippen LogP contribution in [0.15, 0.2) is 18.5 Å². The molecule has 4 rings (SSSR count). The second kappa shape index (κ2) is 9.63. The van der Waals surface area contributed by atoms with Gasteiger partial charge in [0.05, 0.1) is 24.4 Å². The summed E-state index contributed by atoms with van der Waals surface area (Å²) >= 11 is 0. The molecule has 0 aromatic carbocycles. The van der Waals surface area contributed by atoms with E-state index in [4.69, 9.17) is 20.4 Å². The summed E-state index contributed by atoms with van der Waals surface area (Å²) < 4.78 is 19.8. The Labute approximate surface area is 197 Å². The summed E-state index contributed by atoms with van der Waals surface area (Å²) in [6.45, 7) is 5.53. The van der Waals surface area contributed by atoms with E-state index in [1.165, 1.54) is 18.7 Å². The molecule has 12 heteroatoms. The van der Waals surface area contributed by atoms with Gasteiger partial charge in [-0.25, -0.2) is 19.3 Å². The maximum atomic E-state index is 14.3. The molecule has 2 aliphatic rings. The number of hydrogen-bond donors (Lipinski definition) is 3. The minimum Gasteiger partial charge on any atom is -0.396 e. The number of aliphatic hydroxyl groups excluding tert-OH is 1. The molecule has 1 atom stereocenters. The number of carbonyl (C=O) groups excluding carboxylic acids is 1. The van der Waals surface area contributed by atoms with Crippen molar-refractivity contribution in [1.29, 1.82) is 0 Å². The Bertz CT molecular complexity index is 1010. The van der Waals surface area contributed by atoms with Crippen LogP contribution in [0.3, 0.4) is 0 Å². The zero-order valence-corrected chi connectivity index (χ0v) is 19.5. The number of nitrogens with zero attached hydrogens (tertiary/aromatic N) is 6. The third kappa shape index (κ3) is 5.33. The maximum absolute atomic E-state index is 14.3. The summed E-state index contributed by atoms with van der Waals surface area (Å²) in [4.78, 5) is 33.6. The first-order chi connectivity index (χ1) is 16.2. The lowest BCUT2D eigenvalue weighted by molar-refractivity contribution is -0.140. The van der Waals surface area contributed by atoms with Crippen LogP contribution in [0.25, 0.3) is 11.3 Å². The molecule has 0 bridgehead atoms. The molecule has 2 aromatic rings. The highest BCUT2D eigenvalue weighted by Gasteiger charge is 2.43. The summed E-state index contributed by atoms with van der Waals surface area (Å²) in [5.74, 6) is 0.657. The summed E-state index contributed by atoms with van der Waals surface area (Å²) in [5.41, 5.74) is 4.30. The monoisotopic (exact) mass is 474 g/mol. The molecule has 11 nitrogen and oxygen atoms in total. The Morgan fingerprint density at radius 1 is 1.26 bits per heavy atom. The molecule has 184 valence electrons. The zero-order valence-electron chi connectivity index (χ0n) is 19.5. The molecule has 34 heavy (non-hydrogen) atoms. The number of likely N-dealkylation sites (tertiary alicyclic amines) is 1. The molecule has 2 aromatic heterocycles. The van der Waals surface area contributed by atoms with Crippen molar-refractivity contribution >= 4 is 23.6 Å². The minimum absolute atomic E-state index is 0.0892. The van der Waals surface area contributed by atoms with Gasteiger partial charge in [-0.15, -0.1) is 0 Å². The molecule has 1 amide bonds. The molecule has 2 fully saturated rings. The molecular formula is C22H31FN8O3. The molecule has 0 aliphatic carbocycles. The number of morpholine rings is 1. The van der Waals surface area contributed by atoms with Crippen LogP contribution in [-0.4, -0.2) is 93.1 Å². The molecule has 0 saturated carbocycles. The number of nitrogen functional groups attached to an aromatic ring is 1. The molecular weight excluding hydrogens is 443 g/mol. The van der Waals surface area contributed by atoms with Gasteiger partial charge in [0.25, 0.3) is 5.91 Å². The van der Waals surface area contributed by atoms with Gasteiger partial charge >= 0.3 is 0 Å². The third-order valence-corrected chi connectivity index (χ3v) is 6.11. The van der Waals surface area contributed by atoms with Crippen LogP contribution in [0.2, 0.25) is 0 Å². The summed E-state index contributed by atoms with van der Waals surface area (Å²) in [6.07, 6.45) is 4.12. The van der Waals surface area contributed by atoms with E-state index in [1.54, 1.807) is 18.5 Å². The fourth-order valence-electron chi connectivity index (χ4n) is 4.30. The van der Waals surface area contributed by atoms with E-state index in [0.29, 0.717) is 68.7 Å². The number of halogens is 1. The van der Waals surface area contributed by atoms with Crippen molar-refractivity contribution < 1.29 is 19.0 Å². The number of nitrogens with one attached hydrogen (secondary N) is 1. The number of amides is 1. The van der Waals surface area contributed by atoms with Crippen LogP contribution in [-0.2, 0) is 9.53 Å². The van der Waals surface area contributed by atoms with Gasteiger partial charge in [-0.2, -0.15) is 4.98 Å². The van der Waals surface area contributed by atoms with E-state index < -0.39 is 17.1 Å². The summed E-state index contributed by atoms with van der Waals surface area (Å²) in [7, 11) is 0. The zero-order chi connectivity index (χ0) is 24.3. The highest BCUT2D eigenvalue weighted by Crippen LogP contribution is 2.32. The largest absolute Gasteiger partial charge is 0.396 e. The van der Waals surface area contributed by atoms with Gasteiger partial charge in [-0.3, -0.25) is 4.79 Å². The molecule has 0 radical (unpaired) electrons. The standard InChI is InChI=1S/C22H31FN8O3/c1-21(2,23)18(33)31-5-3-22(14-31,4-8-32)29-17-11-16(15-12-25-19(24)26-13-15)27-20(28-17)30-6-9-34-10-7-30/h11-13,32H,3-10,14H2,1-2H3,(H2,24,25,26)(H,27,28,29)/t22-/m1/s1. The lowest BCUT2D eigenvalue weighted by atomic mass is 9.94. The number of alkyl halides is 1. The number of nitrogens with two attached hydrogens (primary N) is 1. The predicted octanol–water partition coefficient (Wildman–Crippen LogP) is 0.866. The van der Waals surface area contributed by atoms with Gasteiger partial charge < -0.3 is 30.7 Å². The minimum atomic E-state index is -1.96. The van der Waals surface area contributed by atoms with Gasteiger partial charge in [0, 0.05) is 56.8 Å². The number of carbonyl (C=O) groups is 1. The van der Waals surface area contributed by atoms with Crippen molar-refractivity contribution in [2.45, 2.75) is 37.9 Å². The van der Waals surface area contributed by atoms with Crippen LogP contribution in [0, 0.1) is 0 Å². The molecule has 4 N–H and O–H groups in total. The predicted molar refractivity (Wildman–Crippen MR) is 125 cm³/mol. The van der Waals surface area contributed by atoms with Crippen molar-refractivity contribution in [2.75, 3.05) is 62.0 Å². The van der Waals surface area contributed by atoms with Crippen LogP contribution in [0.1, 0.15) is 26.7 Å². The lowest BCUT2D eigenvalue weighted by Crippen LogP contribution is -2.47. The van der Waals surface area contributed by atoms with Crippen LogP contribution in [0.4, 0.5) is 22.1 Å². The average molecular weight is 475 g/mol. The lowest BCUT2D eigenvalue weighted by Gasteiger charge is -2.32. The quantitative estimate of drug-likeness (QED) is 0.529. The molecule has 2 saturated heterocycles. The van der Waals surface area contributed by atoms with Crippen molar-refractivity contribution in [1.82, 2.24) is 24.8 Å². The number of hydrogen-bond acceptors (Lipinski definition) is 10. The van der Waals surface area contributed by atoms with Crippen molar-refractivity contribution in [3.63, 3.8) is 0 Å². The van der Waals surface area contributed by atoms with Gasteiger partial charge in [0.1, 0.15) is 5.82 Å². The topological polar surface area (TPSA) is 143 Å². The number of anilines is 3. The third-order valence-electron chi connectivity index (χ3n) is 6.11. The smallest absolute Gasteiger partial charge is 0.259 e. The van der Waals surface area contributed by atoms with Gasteiger partial charge in [0.2, 0.25) is 11.9 Å². The number of aromatic nitrogens is 4. The Kier molecular flexibility index (Phi) is 6.80. The van der Waals surface area contributed by atoms with E-state index in [1.807, 2.05) is 4.90 Å². The summed E-state index contributed by atoms with van der Waals surface area (Å²) in [6, 6.07) is 1.78. The first-order valence-electron chi connectivity index (χ1n) is 11.4. The van der Waals surface area contributed by atoms with E-state index in [9.17, 15) is 14.3 Å². The van der Waals surface area contributed by atoms with E-state index >= 15 is 0 Å². The second-order valence-corrected chi connectivity index (χ2v) is 9.20. The first-order valence-corrected chi connectivity index (χ1v) is 11.4. The van der Waals surface area contributed by atoms with E-state index in [2.05, 4.69) is 15.3 Å². The van der Waals surface area contributed by atoms with Gasteiger partial charge in [-0.1, -0.05) is 0 Å². The molecule has 2 aliphatic heterocycles. The number of rotatable bonds is 7. The highest BCUT2D eigenvalue weighted by atomic mass is 19.1. The first kappa shape index (κ1) is 24.0. The second-order valence-electron chi connectivity index (χ2n) is 9.20. The normalized spacial score (nSPS) is 21.1. The molecule has 0 spiro atoms. The fraction of sp³-hybridized carbons (Fsp3) is 0.591. The molecule has 0 unspecified atom stereocenters. The van der Waals surface area contributed by atoms with E-state index in [0.717, 1.165) is 0 Å². The number of aliphatic hydroxyl groups is 1. The van der Waals surface area contributed by atoms with Crippen molar-refractivity contribution in [2.24, 2.45) is 0 Å². The van der Waals surface area contributed by atoms with Gasteiger partial charge in [-0.05, 0) is 26.7 Å². The van der Waals surface area contributed by atoms with Crippen LogP contribution in [0.5, 0.6) is 0 Å².